The van der Waals surface area contributed by atoms with E-state index in [1.165, 1.54) is 19.3 Å². The van der Waals surface area contributed by atoms with Gasteiger partial charge in [0.25, 0.3) is 0 Å². The Balaban J connectivity index is 2.01. The molecule has 2 saturated carbocycles. The lowest BCUT2D eigenvalue weighted by atomic mass is 9.56. The van der Waals surface area contributed by atoms with Crippen LogP contribution in [0, 0.1) is 17.3 Å². The molecule has 0 aromatic rings. The molecule has 3 N–H and O–H groups in total. The molecule has 80 valence electrons. The summed E-state index contributed by atoms with van der Waals surface area (Å²) in [6, 6.07) is 0. The van der Waals surface area contributed by atoms with Crippen LogP contribution in [0.3, 0.4) is 0 Å². The third-order valence-electron chi connectivity index (χ3n) is 4.27. The van der Waals surface area contributed by atoms with Gasteiger partial charge in [0.15, 0.2) is 0 Å². The maximum atomic E-state index is 10.8. The molecular formula is C11H19NO2. The van der Waals surface area contributed by atoms with Crippen LogP contribution in [0.1, 0.15) is 38.5 Å². The summed E-state index contributed by atoms with van der Waals surface area (Å²) in [6.07, 6.45) is 6.21. The van der Waals surface area contributed by atoms with Crippen molar-refractivity contribution in [2.75, 3.05) is 6.54 Å². The Bertz CT molecular complexity index is 241. The first kappa shape index (κ1) is 9.97. The molecule has 0 saturated heterocycles. The second-order valence-electron chi connectivity index (χ2n) is 5.11. The summed E-state index contributed by atoms with van der Waals surface area (Å²) >= 11 is 0. The third kappa shape index (κ3) is 1.65. The van der Waals surface area contributed by atoms with Crippen molar-refractivity contribution in [3.8, 4) is 0 Å². The maximum absolute atomic E-state index is 10.8. The van der Waals surface area contributed by atoms with Crippen LogP contribution in [0.2, 0.25) is 0 Å². The number of hydrogen-bond donors (Lipinski definition) is 2. The molecule has 0 aromatic heterocycles. The Morgan fingerprint density at radius 1 is 1.36 bits per heavy atom. The molecule has 0 aliphatic heterocycles. The van der Waals surface area contributed by atoms with E-state index in [9.17, 15) is 4.79 Å². The Hall–Kier alpha value is -0.570. The minimum Gasteiger partial charge on any atom is -0.481 e. The topological polar surface area (TPSA) is 63.3 Å². The molecule has 2 rings (SSSR count). The number of rotatable bonds is 3. The summed E-state index contributed by atoms with van der Waals surface area (Å²) < 4.78 is 0. The lowest BCUT2D eigenvalue weighted by Gasteiger charge is -2.49. The van der Waals surface area contributed by atoms with Gasteiger partial charge in [-0.3, -0.25) is 4.79 Å². The van der Waals surface area contributed by atoms with Crippen LogP contribution in [0.4, 0.5) is 0 Å². The molecule has 0 aromatic carbocycles. The first-order valence-electron chi connectivity index (χ1n) is 5.57. The number of carbonyl (C=O) groups is 1. The maximum Gasteiger partial charge on any atom is 0.303 e. The van der Waals surface area contributed by atoms with Gasteiger partial charge in [0.05, 0.1) is 6.42 Å². The van der Waals surface area contributed by atoms with Gasteiger partial charge in [-0.25, -0.2) is 0 Å². The van der Waals surface area contributed by atoms with Crippen molar-refractivity contribution in [2.45, 2.75) is 38.5 Å². The summed E-state index contributed by atoms with van der Waals surface area (Å²) in [5, 5.41) is 8.88. The molecule has 2 aliphatic rings. The number of carboxylic acid groups (broad SMARTS) is 1. The number of nitrogens with two attached hydrogens (primary N) is 1. The number of hydrogen-bond acceptors (Lipinski definition) is 2. The molecule has 2 fully saturated rings. The van der Waals surface area contributed by atoms with Crippen molar-refractivity contribution in [2.24, 2.45) is 23.0 Å². The minimum absolute atomic E-state index is 0.0760. The van der Waals surface area contributed by atoms with Crippen molar-refractivity contribution in [1.82, 2.24) is 0 Å². The average molecular weight is 197 g/mol. The fourth-order valence-electron chi connectivity index (χ4n) is 3.18. The smallest absolute Gasteiger partial charge is 0.303 e. The fraction of sp³-hybridized carbons (Fsp3) is 0.909. The van der Waals surface area contributed by atoms with E-state index in [1.807, 2.05) is 0 Å². The van der Waals surface area contributed by atoms with E-state index in [0.29, 0.717) is 6.54 Å². The Labute approximate surface area is 84.7 Å². The molecule has 0 heterocycles. The summed E-state index contributed by atoms with van der Waals surface area (Å²) in [5.41, 5.74) is 5.68. The molecular weight excluding hydrogens is 178 g/mol. The van der Waals surface area contributed by atoms with E-state index in [1.54, 1.807) is 0 Å². The van der Waals surface area contributed by atoms with Crippen LogP contribution in [0.25, 0.3) is 0 Å². The van der Waals surface area contributed by atoms with Gasteiger partial charge in [-0.15, -0.1) is 0 Å². The van der Waals surface area contributed by atoms with Crippen LogP contribution in [-0.2, 0) is 4.79 Å². The van der Waals surface area contributed by atoms with Crippen LogP contribution in [0.5, 0.6) is 0 Å². The molecule has 0 amide bonds. The highest BCUT2D eigenvalue weighted by atomic mass is 16.4. The number of carboxylic acids is 1. The molecule has 0 radical (unpaired) electrons. The van der Waals surface area contributed by atoms with Crippen LogP contribution in [0.15, 0.2) is 0 Å². The zero-order valence-electron chi connectivity index (χ0n) is 8.54. The summed E-state index contributed by atoms with van der Waals surface area (Å²) in [4.78, 5) is 10.8. The molecule has 0 bridgehead atoms. The van der Waals surface area contributed by atoms with E-state index in [2.05, 4.69) is 0 Å². The monoisotopic (exact) mass is 197 g/mol. The molecule has 0 spiro atoms. The molecule has 3 nitrogen and oxygen atoms in total. The predicted molar refractivity (Wildman–Crippen MR) is 53.8 cm³/mol. The van der Waals surface area contributed by atoms with Crippen molar-refractivity contribution < 1.29 is 9.90 Å². The van der Waals surface area contributed by atoms with Gasteiger partial charge in [-0.1, -0.05) is 0 Å². The summed E-state index contributed by atoms with van der Waals surface area (Å²) in [7, 11) is 0. The first-order valence-corrected chi connectivity index (χ1v) is 5.57. The van der Waals surface area contributed by atoms with Crippen LogP contribution >= 0.6 is 0 Å². The first-order chi connectivity index (χ1) is 6.65. The molecule has 14 heavy (non-hydrogen) atoms. The van der Waals surface area contributed by atoms with Gasteiger partial charge in [0.1, 0.15) is 0 Å². The van der Waals surface area contributed by atoms with Gasteiger partial charge in [0, 0.05) is 0 Å². The van der Waals surface area contributed by atoms with Crippen LogP contribution < -0.4 is 5.73 Å². The Morgan fingerprint density at radius 2 is 2.07 bits per heavy atom. The summed E-state index contributed by atoms with van der Waals surface area (Å²) in [5.74, 6) is 0.989. The zero-order valence-corrected chi connectivity index (χ0v) is 8.54. The summed E-state index contributed by atoms with van der Waals surface area (Å²) in [6.45, 7) is 0.544. The molecule has 2 aliphatic carbocycles. The van der Waals surface area contributed by atoms with Gasteiger partial charge in [-0.2, -0.15) is 0 Å². The van der Waals surface area contributed by atoms with E-state index in [-0.39, 0.29) is 11.8 Å². The highest BCUT2D eigenvalue weighted by molar-refractivity contribution is 5.67. The number of fused-ring (bicyclic) bond motifs is 1. The molecule has 0 unspecified atom stereocenters. The van der Waals surface area contributed by atoms with E-state index >= 15 is 0 Å². The zero-order chi connectivity index (χ0) is 10.2. The molecule has 3 atom stereocenters. The lowest BCUT2D eigenvalue weighted by Crippen LogP contribution is -2.44. The van der Waals surface area contributed by atoms with Gasteiger partial charge < -0.3 is 10.8 Å². The van der Waals surface area contributed by atoms with Gasteiger partial charge in [-0.05, 0) is 55.9 Å². The van der Waals surface area contributed by atoms with E-state index < -0.39 is 5.97 Å². The Morgan fingerprint density at radius 3 is 2.50 bits per heavy atom. The number of aliphatic carboxylic acids is 1. The average Bonchev–Trinajstić information content (AvgIpc) is 2.09. The SMILES string of the molecule is NC[C@@]1(CC(=O)O)CC[C@@H]2CC[C@H]2C1. The Kier molecular flexibility index (Phi) is 2.52. The lowest BCUT2D eigenvalue weighted by molar-refractivity contribution is -0.141. The van der Waals surface area contributed by atoms with Crippen molar-refractivity contribution in [1.29, 1.82) is 0 Å². The third-order valence-corrected chi connectivity index (χ3v) is 4.27. The van der Waals surface area contributed by atoms with E-state index in [4.69, 9.17) is 10.8 Å². The highest BCUT2D eigenvalue weighted by Gasteiger charge is 2.44. The van der Waals surface area contributed by atoms with Crippen molar-refractivity contribution >= 4 is 5.97 Å². The van der Waals surface area contributed by atoms with E-state index in [0.717, 1.165) is 24.7 Å². The largest absolute Gasteiger partial charge is 0.481 e. The predicted octanol–water partition coefficient (Wildman–Crippen LogP) is 1.62. The van der Waals surface area contributed by atoms with Crippen molar-refractivity contribution in [3.05, 3.63) is 0 Å². The van der Waals surface area contributed by atoms with Crippen LogP contribution in [-0.4, -0.2) is 17.6 Å². The quantitative estimate of drug-likeness (QED) is 0.722. The second kappa shape index (κ2) is 3.54. The van der Waals surface area contributed by atoms with Crippen molar-refractivity contribution in [3.63, 3.8) is 0 Å². The normalized spacial score (nSPS) is 41.2. The molecule has 3 heteroatoms. The minimum atomic E-state index is -0.687. The van der Waals surface area contributed by atoms with Gasteiger partial charge in [0.2, 0.25) is 0 Å². The highest BCUT2D eigenvalue weighted by Crippen LogP contribution is 2.52. The second-order valence-corrected chi connectivity index (χ2v) is 5.11. The van der Waals surface area contributed by atoms with Gasteiger partial charge >= 0.3 is 5.97 Å². The standard InChI is InChI=1S/C11H19NO2/c12-7-11(6-10(13)14)4-3-8-1-2-9(8)5-11/h8-9H,1-7,12H2,(H,13,14)/t8-,9-,11-/m0/s1. The fourth-order valence-corrected chi connectivity index (χ4v) is 3.18.